The van der Waals surface area contributed by atoms with Gasteiger partial charge in [-0.25, -0.2) is 8.42 Å². The number of hydrogen-bond acceptors (Lipinski definition) is 4. The molecule has 4 nitrogen and oxygen atoms in total. The van der Waals surface area contributed by atoms with E-state index in [1.165, 1.54) is 15.6 Å². The Kier molecular flexibility index (Phi) is 5.68. The third-order valence-corrected chi connectivity index (χ3v) is 7.12. The second-order valence-corrected chi connectivity index (χ2v) is 9.23. The Labute approximate surface area is 130 Å². The first-order valence-corrected chi connectivity index (χ1v) is 9.55. The Morgan fingerprint density at radius 3 is 2.63 bits per heavy atom. The highest BCUT2D eigenvalue weighted by atomic mass is 79.9. The maximum atomic E-state index is 12.4. The normalized spacial score (nSPS) is 18.8. The van der Waals surface area contributed by atoms with Crippen molar-refractivity contribution >= 4 is 48.9 Å². The van der Waals surface area contributed by atoms with E-state index in [-0.39, 0.29) is 6.10 Å². The molecule has 2 heterocycles. The van der Waals surface area contributed by atoms with Crippen molar-refractivity contribution < 1.29 is 13.2 Å². The van der Waals surface area contributed by atoms with Gasteiger partial charge in [0.15, 0.2) is 0 Å². The van der Waals surface area contributed by atoms with Crippen LogP contribution in [0.2, 0.25) is 0 Å². The van der Waals surface area contributed by atoms with E-state index in [4.69, 9.17) is 16.3 Å². The van der Waals surface area contributed by atoms with Crippen molar-refractivity contribution in [2.75, 3.05) is 25.6 Å². The van der Waals surface area contributed by atoms with E-state index in [1.807, 2.05) is 0 Å². The largest absolute Gasteiger partial charge is 0.377 e. The summed E-state index contributed by atoms with van der Waals surface area (Å²) in [5.74, 6) is 0.474. The average Bonchev–Trinajstić information content (AvgIpc) is 2.84. The van der Waals surface area contributed by atoms with Crippen LogP contribution in [-0.2, 0) is 14.8 Å². The molecule has 108 valence electrons. The summed E-state index contributed by atoms with van der Waals surface area (Å²) >= 11 is 10.1. The van der Waals surface area contributed by atoms with Gasteiger partial charge in [0.2, 0.25) is 0 Å². The Morgan fingerprint density at radius 1 is 1.42 bits per heavy atom. The second-order valence-electron chi connectivity index (χ2n) is 4.22. The van der Waals surface area contributed by atoms with E-state index in [0.29, 0.717) is 29.8 Å². The summed E-state index contributed by atoms with van der Waals surface area (Å²) in [6.45, 7) is 1.53. The zero-order valence-corrected chi connectivity index (χ0v) is 14.2. The molecule has 0 aliphatic carbocycles. The second kappa shape index (κ2) is 6.87. The summed E-state index contributed by atoms with van der Waals surface area (Å²) in [7, 11) is -3.34. The molecule has 0 unspecified atom stereocenters. The predicted molar refractivity (Wildman–Crippen MR) is 80.5 cm³/mol. The Hall–Kier alpha value is 0.340. The minimum Gasteiger partial charge on any atom is -0.377 e. The van der Waals surface area contributed by atoms with Gasteiger partial charge in [0.25, 0.3) is 10.0 Å². The first kappa shape index (κ1) is 15.7. The van der Waals surface area contributed by atoms with Gasteiger partial charge in [0.05, 0.1) is 16.5 Å². The molecule has 1 aromatic heterocycles. The SMILES string of the molecule is O=S(=O)(c1ccc(Br)s1)N1CCC(OCCCl)CC1. The van der Waals surface area contributed by atoms with Crippen molar-refractivity contribution in [3.63, 3.8) is 0 Å². The van der Waals surface area contributed by atoms with Crippen molar-refractivity contribution in [2.45, 2.75) is 23.2 Å². The van der Waals surface area contributed by atoms with E-state index in [1.54, 1.807) is 12.1 Å². The molecule has 0 atom stereocenters. The summed E-state index contributed by atoms with van der Waals surface area (Å²) in [4.78, 5) is 0. The molecule has 0 amide bonds. The van der Waals surface area contributed by atoms with Gasteiger partial charge in [-0.2, -0.15) is 4.31 Å². The van der Waals surface area contributed by atoms with Gasteiger partial charge in [-0.1, -0.05) is 0 Å². The van der Waals surface area contributed by atoms with Crippen LogP contribution in [0.1, 0.15) is 12.8 Å². The molecule has 0 spiro atoms. The number of ether oxygens (including phenoxy) is 1. The standard InChI is InChI=1S/C11H15BrClNO3S2/c12-10-1-2-11(18-10)19(15,16)14-6-3-9(4-7-14)17-8-5-13/h1-2,9H,3-8H2. The molecule has 1 aliphatic rings. The number of nitrogens with zero attached hydrogens (tertiary/aromatic N) is 1. The predicted octanol–water partition coefficient (Wildman–Crippen LogP) is 2.92. The van der Waals surface area contributed by atoms with Crippen LogP contribution in [-0.4, -0.2) is 44.4 Å². The third kappa shape index (κ3) is 3.92. The number of piperidine rings is 1. The highest BCUT2D eigenvalue weighted by molar-refractivity contribution is 9.11. The summed E-state index contributed by atoms with van der Waals surface area (Å²) in [5.41, 5.74) is 0. The van der Waals surface area contributed by atoms with Crippen LogP contribution in [0.15, 0.2) is 20.1 Å². The molecule has 0 bridgehead atoms. The summed E-state index contributed by atoms with van der Waals surface area (Å²) in [6.07, 6.45) is 1.57. The van der Waals surface area contributed by atoms with Gasteiger partial charge in [-0.3, -0.25) is 0 Å². The molecule has 19 heavy (non-hydrogen) atoms. The highest BCUT2D eigenvalue weighted by Gasteiger charge is 2.30. The van der Waals surface area contributed by atoms with E-state index in [9.17, 15) is 8.42 Å². The van der Waals surface area contributed by atoms with Crippen molar-refractivity contribution in [3.05, 3.63) is 15.9 Å². The molecule has 2 rings (SSSR count). The fraction of sp³-hybridized carbons (Fsp3) is 0.636. The van der Waals surface area contributed by atoms with Crippen LogP contribution in [0.4, 0.5) is 0 Å². The van der Waals surface area contributed by atoms with Gasteiger partial charge in [0, 0.05) is 19.0 Å². The number of sulfonamides is 1. The maximum absolute atomic E-state index is 12.4. The number of thiophene rings is 1. The fourth-order valence-electron chi connectivity index (χ4n) is 2.01. The number of alkyl halides is 1. The summed E-state index contributed by atoms with van der Waals surface area (Å²) in [5, 5.41) is 0. The first-order chi connectivity index (χ1) is 9.04. The Morgan fingerprint density at radius 2 is 2.11 bits per heavy atom. The van der Waals surface area contributed by atoms with Gasteiger partial charge in [-0.15, -0.1) is 22.9 Å². The van der Waals surface area contributed by atoms with Gasteiger partial charge in [-0.05, 0) is 40.9 Å². The van der Waals surface area contributed by atoms with Gasteiger partial charge in [0.1, 0.15) is 4.21 Å². The maximum Gasteiger partial charge on any atom is 0.252 e. The quantitative estimate of drug-likeness (QED) is 0.729. The van der Waals surface area contributed by atoms with E-state index in [2.05, 4.69) is 15.9 Å². The smallest absolute Gasteiger partial charge is 0.252 e. The van der Waals surface area contributed by atoms with Crippen molar-refractivity contribution in [1.82, 2.24) is 4.31 Å². The molecule has 1 aliphatic heterocycles. The zero-order chi connectivity index (χ0) is 13.9. The molecule has 1 aromatic rings. The fourth-order valence-corrected chi connectivity index (χ4v) is 5.74. The van der Waals surface area contributed by atoms with Crippen LogP contribution in [0.3, 0.4) is 0 Å². The number of rotatable bonds is 5. The van der Waals surface area contributed by atoms with Crippen molar-refractivity contribution in [3.8, 4) is 0 Å². The summed E-state index contributed by atoms with van der Waals surface area (Å²) in [6, 6.07) is 3.40. The lowest BCUT2D eigenvalue weighted by molar-refractivity contribution is 0.0301. The minimum atomic E-state index is -3.34. The minimum absolute atomic E-state index is 0.125. The van der Waals surface area contributed by atoms with Gasteiger partial charge >= 0.3 is 0 Å². The van der Waals surface area contributed by atoms with Crippen LogP contribution in [0, 0.1) is 0 Å². The van der Waals surface area contributed by atoms with Crippen molar-refractivity contribution in [2.24, 2.45) is 0 Å². The lowest BCUT2D eigenvalue weighted by atomic mass is 10.1. The highest BCUT2D eigenvalue weighted by Crippen LogP contribution is 2.30. The number of halogens is 2. The molecule has 1 saturated heterocycles. The molecule has 0 N–H and O–H groups in total. The van der Waals surface area contributed by atoms with E-state index < -0.39 is 10.0 Å². The lowest BCUT2D eigenvalue weighted by Crippen LogP contribution is -2.40. The summed E-state index contributed by atoms with van der Waals surface area (Å²) < 4.78 is 33.0. The molecular formula is C11H15BrClNO3S2. The van der Waals surface area contributed by atoms with E-state index >= 15 is 0 Å². The zero-order valence-electron chi connectivity index (χ0n) is 10.2. The lowest BCUT2D eigenvalue weighted by Gasteiger charge is -2.30. The monoisotopic (exact) mass is 387 g/mol. The van der Waals surface area contributed by atoms with E-state index in [0.717, 1.165) is 16.6 Å². The van der Waals surface area contributed by atoms with Gasteiger partial charge < -0.3 is 4.74 Å². The van der Waals surface area contributed by atoms with Crippen LogP contribution in [0.5, 0.6) is 0 Å². The molecule has 1 fully saturated rings. The average molecular weight is 389 g/mol. The van der Waals surface area contributed by atoms with Crippen LogP contribution in [0.25, 0.3) is 0 Å². The first-order valence-electron chi connectivity index (χ1n) is 5.97. The third-order valence-electron chi connectivity index (χ3n) is 2.97. The molecule has 0 saturated carbocycles. The van der Waals surface area contributed by atoms with Crippen LogP contribution >= 0.6 is 38.9 Å². The molecule has 0 aromatic carbocycles. The van der Waals surface area contributed by atoms with Crippen LogP contribution < -0.4 is 0 Å². The number of hydrogen-bond donors (Lipinski definition) is 0. The Bertz CT molecular complexity index is 512. The molecule has 0 radical (unpaired) electrons. The Balaban J connectivity index is 1.97. The van der Waals surface area contributed by atoms with Crippen molar-refractivity contribution in [1.29, 1.82) is 0 Å². The topological polar surface area (TPSA) is 46.6 Å². The molecular weight excluding hydrogens is 374 g/mol. The molecule has 8 heteroatoms.